The maximum absolute atomic E-state index is 6.08. The first-order chi connectivity index (χ1) is 7.60. The number of hydrogen-bond donors (Lipinski definition) is 1. The Morgan fingerprint density at radius 1 is 1.31 bits per heavy atom. The van der Waals surface area contributed by atoms with Gasteiger partial charge in [0, 0.05) is 24.7 Å². The molecule has 0 amide bonds. The number of fused-ring (bicyclic) bond motifs is 1. The van der Waals surface area contributed by atoms with Crippen LogP contribution in [0.25, 0.3) is 0 Å². The fourth-order valence-electron chi connectivity index (χ4n) is 3.52. The third-order valence-electron chi connectivity index (χ3n) is 5.21. The van der Waals surface area contributed by atoms with Crippen molar-refractivity contribution in [2.75, 3.05) is 13.1 Å². The summed E-state index contributed by atoms with van der Waals surface area (Å²) in [4.78, 5) is 2.74. The Bertz CT molecular complexity index is 241. The summed E-state index contributed by atoms with van der Waals surface area (Å²) in [6.07, 6.45) is 6.59. The van der Waals surface area contributed by atoms with Crippen LogP contribution in [0, 0.1) is 11.8 Å². The molecule has 0 aromatic heterocycles. The molecule has 0 bridgehead atoms. The normalized spacial score (nSPS) is 37.9. The topological polar surface area (TPSA) is 29.3 Å². The Labute approximate surface area is 101 Å². The van der Waals surface area contributed by atoms with Gasteiger partial charge in [-0.2, -0.15) is 0 Å². The average molecular weight is 224 g/mol. The lowest BCUT2D eigenvalue weighted by molar-refractivity contribution is 0.112. The molecule has 0 aromatic rings. The van der Waals surface area contributed by atoms with Crippen molar-refractivity contribution in [1.29, 1.82) is 0 Å². The Morgan fingerprint density at radius 2 is 2.06 bits per heavy atom. The van der Waals surface area contributed by atoms with Crippen LogP contribution in [0.2, 0.25) is 0 Å². The van der Waals surface area contributed by atoms with Crippen molar-refractivity contribution in [3.8, 4) is 0 Å². The molecule has 2 aliphatic rings. The molecule has 2 rings (SSSR count). The first-order valence-corrected chi connectivity index (χ1v) is 7.11. The summed E-state index contributed by atoms with van der Waals surface area (Å²) >= 11 is 0. The number of likely N-dealkylation sites (tertiary alicyclic amines) is 1. The number of hydrogen-bond acceptors (Lipinski definition) is 2. The fraction of sp³-hybridized carbons (Fsp3) is 1.00. The van der Waals surface area contributed by atoms with Crippen molar-refractivity contribution in [1.82, 2.24) is 4.90 Å². The van der Waals surface area contributed by atoms with E-state index in [4.69, 9.17) is 5.73 Å². The second kappa shape index (κ2) is 4.66. The molecule has 2 heteroatoms. The van der Waals surface area contributed by atoms with Gasteiger partial charge in [0.15, 0.2) is 0 Å². The lowest BCUT2D eigenvalue weighted by atomic mass is 9.72. The third-order valence-corrected chi connectivity index (χ3v) is 5.21. The summed E-state index contributed by atoms with van der Waals surface area (Å²) < 4.78 is 0. The van der Waals surface area contributed by atoms with Crippen molar-refractivity contribution in [3.63, 3.8) is 0 Å². The summed E-state index contributed by atoms with van der Waals surface area (Å²) in [7, 11) is 0. The molecule has 4 atom stereocenters. The summed E-state index contributed by atoms with van der Waals surface area (Å²) in [5.41, 5.74) is 6.52. The van der Waals surface area contributed by atoms with Gasteiger partial charge in [0.1, 0.15) is 0 Å². The van der Waals surface area contributed by atoms with E-state index in [0.29, 0.717) is 11.6 Å². The minimum atomic E-state index is 0.438. The molecule has 0 radical (unpaired) electrons. The predicted octanol–water partition coefficient (Wildman–Crippen LogP) is 2.62. The number of unbranched alkanes of at least 4 members (excludes halogenated alkanes) is 1. The van der Waals surface area contributed by atoms with Crippen molar-refractivity contribution in [2.45, 2.75) is 64.5 Å². The molecule has 2 fully saturated rings. The van der Waals surface area contributed by atoms with Crippen LogP contribution in [-0.2, 0) is 0 Å². The van der Waals surface area contributed by atoms with Crippen LogP contribution in [0.5, 0.6) is 0 Å². The summed E-state index contributed by atoms with van der Waals surface area (Å²) in [5.74, 6) is 1.73. The Balaban J connectivity index is 1.94. The van der Waals surface area contributed by atoms with Crippen LogP contribution >= 0.6 is 0 Å². The fourth-order valence-corrected chi connectivity index (χ4v) is 3.52. The zero-order chi connectivity index (χ0) is 11.8. The number of rotatable bonds is 5. The second-order valence-electron chi connectivity index (χ2n) is 6.18. The van der Waals surface area contributed by atoms with Crippen LogP contribution in [0.15, 0.2) is 0 Å². The van der Waals surface area contributed by atoms with Gasteiger partial charge < -0.3 is 5.73 Å². The molecule has 2 N–H and O–H groups in total. The SMILES string of the molecule is CCCCC(C)(CC)N1CC2CC(N)C2C1. The maximum Gasteiger partial charge on any atom is 0.0179 e. The van der Waals surface area contributed by atoms with Gasteiger partial charge in [0.05, 0.1) is 0 Å². The highest BCUT2D eigenvalue weighted by molar-refractivity contribution is 5.03. The summed E-state index contributed by atoms with van der Waals surface area (Å²) in [6, 6.07) is 0.502. The highest BCUT2D eigenvalue weighted by atomic mass is 15.2. The molecule has 16 heavy (non-hydrogen) atoms. The van der Waals surface area contributed by atoms with Gasteiger partial charge in [0.25, 0.3) is 0 Å². The highest BCUT2D eigenvalue weighted by Crippen LogP contribution is 2.43. The van der Waals surface area contributed by atoms with Crippen LogP contribution in [0.3, 0.4) is 0 Å². The van der Waals surface area contributed by atoms with E-state index in [1.807, 2.05) is 0 Å². The number of nitrogens with zero attached hydrogens (tertiary/aromatic N) is 1. The second-order valence-corrected chi connectivity index (χ2v) is 6.18. The zero-order valence-electron chi connectivity index (χ0n) is 11.2. The van der Waals surface area contributed by atoms with Gasteiger partial charge in [-0.3, -0.25) is 4.90 Å². The molecule has 1 saturated heterocycles. The average Bonchev–Trinajstić information content (AvgIpc) is 2.64. The molecule has 94 valence electrons. The van der Waals surface area contributed by atoms with E-state index >= 15 is 0 Å². The van der Waals surface area contributed by atoms with E-state index in [1.54, 1.807) is 0 Å². The Kier molecular flexibility index (Phi) is 3.60. The minimum Gasteiger partial charge on any atom is -0.327 e. The van der Waals surface area contributed by atoms with Crippen molar-refractivity contribution < 1.29 is 0 Å². The van der Waals surface area contributed by atoms with E-state index in [-0.39, 0.29) is 0 Å². The number of nitrogens with two attached hydrogens (primary N) is 1. The van der Waals surface area contributed by atoms with Crippen LogP contribution in [0.1, 0.15) is 52.9 Å². The van der Waals surface area contributed by atoms with Gasteiger partial charge in [-0.1, -0.05) is 26.7 Å². The largest absolute Gasteiger partial charge is 0.327 e. The van der Waals surface area contributed by atoms with E-state index in [9.17, 15) is 0 Å². The Hall–Kier alpha value is -0.0800. The van der Waals surface area contributed by atoms with E-state index in [2.05, 4.69) is 25.7 Å². The molecule has 0 aromatic carbocycles. The maximum atomic E-state index is 6.08. The summed E-state index contributed by atoms with van der Waals surface area (Å²) in [5, 5.41) is 0. The predicted molar refractivity (Wildman–Crippen MR) is 69.4 cm³/mol. The summed E-state index contributed by atoms with van der Waals surface area (Å²) in [6.45, 7) is 9.67. The van der Waals surface area contributed by atoms with E-state index in [1.165, 1.54) is 45.2 Å². The molecular formula is C14H28N2. The van der Waals surface area contributed by atoms with Gasteiger partial charge in [-0.15, -0.1) is 0 Å². The monoisotopic (exact) mass is 224 g/mol. The standard InChI is InChI=1S/C14H28N2/c1-4-6-7-14(3,5-2)16-9-11-8-13(15)12(11)10-16/h11-13H,4-10,15H2,1-3H3. The molecule has 1 heterocycles. The molecule has 1 aliphatic carbocycles. The molecule has 1 saturated carbocycles. The zero-order valence-corrected chi connectivity index (χ0v) is 11.2. The minimum absolute atomic E-state index is 0.438. The smallest absolute Gasteiger partial charge is 0.0179 e. The molecule has 0 spiro atoms. The molecular weight excluding hydrogens is 196 g/mol. The van der Waals surface area contributed by atoms with Crippen molar-refractivity contribution in [3.05, 3.63) is 0 Å². The van der Waals surface area contributed by atoms with Crippen LogP contribution in [-0.4, -0.2) is 29.6 Å². The van der Waals surface area contributed by atoms with Gasteiger partial charge >= 0.3 is 0 Å². The third kappa shape index (κ3) is 2.02. The van der Waals surface area contributed by atoms with Crippen molar-refractivity contribution >= 4 is 0 Å². The van der Waals surface area contributed by atoms with Crippen LogP contribution in [0.4, 0.5) is 0 Å². The lowest BCUT2D eigenvalue weighted by Gasteiger charge is -2.38. The highest BCUT2D eigenvalue weighted by Gasteiger charge is 2.48. The van der Waals surface area contributed by atoms with E-state index < -0.39 is 0 Å². The van der Waals surface area contributed by atoms with Crippen LogP contribution < -0.4 is 5.73 Å². The van der Waals surface area contributed by atoms with Gasteiger partial charge in [0.2, 0.25) is 0 Å². The van der Waals surface area contributed by atoms with Gasteiger partial charge in [-0.25, -0.2) is 0 Å². The first kappa shape index (κ1) is 12.4. The Morgan fingerprint density at radius 3 is 2.56 bits per heavy atom. The molecule has 2 nitrogen and oxygen atoms in total. The first-order valence-electron chi connectivity index (χ1n) is 7.11. The quantitative estimate of drug-likeness (QED) is 0.778. The van der Waals surface area contributed by atoms with Crippen molar-refractivity contribution in [2.24, 2.45) is 17.6 Å². The van der Waals surface area contributed by atoms with E-state index in [0.717, 1.165) is 11.8 Å². The molecule has 4 unspecified atom stereocenters. The lowest BCUT2D eigenvalue weighted by Crippen LogP contribution is -2.47. The van der Waals surface area contributed by atoms with Gasteiger partial charge in [-0.05, 0) is 38.0 Å². The molecule has 1 aliphatic heterocycles.